The van der Waals surface area contributed by atoms with Crippen molar-refractivity contribution >= 4 is 29.2 Å². The summed E-state index contributed by atoms with van der Waals surface area (Å²) in [5.74, 6) is -8.55. The van der Waals surface area contributed by atoms with Crippen LogP contribution in [0.5, 0.6) is 0 Å². The maximum Gasteiger partial charge on any atom is 0.490 e. The highest BCUT2D eigenvalue weighted by Crippen LogP contribution is 2.49. The number of aliphatic carboxylic acids is 2. The normalized spacial score (nSPS) is 20.8. The molecule has 2 aromatic heterocycles. The number of rotatable bonds is 3. The number of nitrogens with one attached hydrogen (secondary N) is 1. The van der Waals surface area contributed by atoms with Gasteiger partial charge in [-0.1, -0.05) is 0 Å². The Kier molecular flexibility index (Phi) is 10.2. The maximum absolute atomic E-state index is 14.9. The summed E-state index contributed by atoms with van der Waals surface area (Å²) in [5, 5.41) is 17.2. The van der Waals surface area contributed by atoms with Crippen LogP contribution in [0.2, 0.25) is 0 Å². The van der Waals surface area contributed by atoms with Crippen LogP contribution in [-0.2, 0) is 16.1 Å². The molecule has 10 nitrogen and oxygen atoms in total. The molecule has 0 saturated carbocycles. The summed E-state index contributed by atoms with van der Waals surface area (Å²) in [6.07, 6.45) is -7.21. The standard InChI is InChI=1S/C17H21F2N5OS.2C2HF3O2/c1-12-22-13(8-26-12)7-23-4-2-16(9-23)10-24(5-3-17(16,18)19)15(25)14-6-20-11-21-14;2*3-2(4,5)1(6)7/h6,8,11H,2-5,7,9-10H2,1H3,(H,20,21);2*(H,6,7). The van der Waals surface area contributed by atoms with E-state index in [1.165, 1.54) is 12.5 Å². The first-order chi connectivity index (χ1) is 18.3. The van der Waals surface area contributed by atoms with Crippen LogP contribution < -0.4 is 0 Å². The number of aromatic nitrogens is 3. The third kappa shape index (κ3) is 8.57. The largest absolute Gasteiger partial charge is 0.490 e. The van der Waals surface area contributed by atoms with Gasteiger partial charge in [-0.15, -0.1) is 11.3 Å². The average Bonchev–Trinajstić information content (AvgIpc) is 3.58. The molecular formula is C21H23F8N5O5S. The van der Waals surface area contributed by atoms with Crippen LogP contribution >= 0.6 is 11.3 Å². The quantitative estimate of drug-likeness (QED) is 0.447. The van der Waals surface area contributed by atoms with Crippen LogP contribution in [0.25, 0.3) is 0 Å². The van der Waals surface area contributed by atoms with Crippen molar-refractivity contribution in [3.05, 3.63) is 34.3 Å². The van der Waals surface area contributed by atoms with Gasteiger partial charge in [0.1, 0.15) is 5.69 Å². The lowest BCUT2D eigenvalue weighted by Gasteiger charge is -2.45. The molecule has 224 valence electrons. The number of H-pyrrole nitrogens is 1. The number of likely N-dealkylation sites (tertiary alicyclic amines) is 2. The summed E-state index contributed by atoms with van der Waals surface area (Å²) < 4.78 is 93.2. The Morgan fingerprint density at radius 3 is 2.05 bits per heavy atom. The molecule has 2 aliphatic heterocycles. The van der Waals surface area contributed by atoms with E-state index < -0.39 is 35.6 Å². The topological polar surface area (TPSA) is 140 Å². The van der Waals surface area contributed by atoms with E-state index in [1.807, 2.05) is 17.2 Å². The minimum Gasteiger partial charge on any atom is -0.475 e. The molecule has 3 N–H and O–H groups in total. The maximum atomic E-state index is 14.9. The van der Waals surface area contributed by atoms with Gasteiger partial charge in [-0.25, -0.2) is 28.3 Å². The first kappa shape index (κ1) is 32.9. The molecule has 0 bridgehead atoms. The number of alkyl halides is 8. The zero-order chi connectivity index (χ0) is 30.5. The van der Waals surface area contributed by atoms with Crippen molar-refractivity contribution < 1.29 is 59.7 Å². The van der Waals surface area contributed by atoms with Crippen molar-refractivity contribution in [1.82, 2.24) is 24.8 Å². The second kappa shape index (κ2) is 12.4. The number of hydrogen-bond acceptors (Lipinski definition) is 7. The number of carboxylic acid groups (broad SMARTS) is 2. The Morgan fingerprint density at radius 1 is 1.02 bits per heavy atom. The number of halogens is 8. The van der Waals surface area contributed by atoms with Crippen LogP contribution in [0.3, 0.4) is 0 Å². The molecule has 4 rings (SSSR count). The Labute approximate surface area is 224 Å². The van der Waals surface area contributed by atoms with Crippen LogP contribution in [-0.4, -0.2) is 97.3 Å². The number of carbonyl (C=O) groups excluding carboxylic acids is 1. The van der Waals surface area contributed by atoms with Gasteiger partial charge in [0.15, 0.2) is 0 Å². The number of carbonyl (C=O) groups is 3. The van der Waals surface area contributed by atoms with E-state index in [2.05, 4.69) is 15.0 Å². The first-order valence-corrected chi connectivity index (χ1v) is 12.0. The third-order valence-electron chi connectivity index (χ3n) is 5.95. The highest BCUT2D eigenvalue weighted by atomic mass is 32.1. The molecule has 2 saturated heterocycles. The zero-order valence-electron chi connectivity index (χ0n) is 20.5. The monoisotopic (exact) mass is 609 g/mol. The second-order valence-electron chi connectivity index (χ2n) is 8.85. The fourth-order valence-corrected chi connectivity index (χ4v) is 4.65. The molecule has 0 radical (unpaired) electrons. The van der Waals surface area contributed by atoms with Crippen molar-refractivity contribution in [2.45, 2.75) is 44.6 Å². The van der Waals surface area contributed by atoms with E-state index in [4.69, 9.17) is 19.8 Å². The van der Waals surface area contributed by atoms with Gasteiger partial charge in [-0.05, 0) is 19.9 Å². The summed E-state index contributed by atoms with van der Waals surface area (Å²) in [5.41, 5.74) is 0.0821. The molecule has 2 fully saturated rings. The van der Waals surface area contributed by atoms with Gasteiger partial charge >= 0.3 is 24.3 Å². The molecule has 2 aliphatic rings. The number of piperidine rings is 1. The molecule has 4 heterocycles. The number of aryl methyl sites for hydroxylation is 1. The number of aromatic amines is 1. The fraction of sp³-hybridized carbons (Fsp3) is 0.571. The van der Waals surface area contributed by atoms with E-state index in [1.54, 1.807) is 16.2 Å². The molecule has 1 atom stereocenters. The fourth-order valence-electron chi connectivity index (χ4n) is 4.05. The van der Waals surface area contributed by atoms with Gasteiger partial charge in [-0.2, -0.15) is 26.3 Å². The van der Waals surface area contributed by atoms with Crippen molar-refractivity contribution in [3.8, 4) is 0 Å². The number of nitrogens with zero attached hydrogens (tertiary/aromatic N) is 4. The molecule has 19 heteroatoms. The number of hydrogen-bond donors (Lipinski definition) is 3. The summed E-state index contributed by atoms with van der Waals surface area (Å²) in [6, 6.07) is 0. The minimum atomic E-state index is -5.08. The first-order valence-electron chi connectivity index (χ1n) is 11.2. The number of imidazole rings is 1. The van der Waals surface area contributed by atoms with E-state index in [9.17, 15) is 39.9 Å². The van der Waals surface area contributed by atoms with Crippen LogP contribution in [0.1, 0.15) is 34.0 Å². The molecule has 1 unspecified atom stereocenters. The lowest BCUT2D eigenvalue weighted by molar-refractivity contribution is -0.193. The van der Waals surface area contributed by atoms with E-state index in [0.717, 1.165) is 10.7 Å². The van der Waals surface area contributed by atoms with Gasteiger partial charge in [0.25, 0.3) is 11.8 Å². The summed E-state index contributed by atoms with van der Waals surface area (Å²) in [7, 11) is 0. The van der Waals surface area contributed by atoms with E-state index in [0.29, 0.717) is 25.2 Å². The summed E-state index contributed by atoms with van der Waals surface area (Å²) in [6.45, 7) is 3.54. The lowest BCUT2D eigenvalue weighted by Crippen LogP contribution is -2.58. The zero-order valence-corrected chi connectivity index (χ0v) is 21.3. The van der Waals surface area contributed by atoms with Crippen molar-refractivity contribution in [2.24, 2.45) is 5.41 Å². The molecule has 40 heavy (non-hydrogen) atoms. The van der Waals surface area contributed by atoms with Gasteiger partial charge in [0.2, 0.25) is 0 Å². The smallest absolute Gasteiger partial charge is 0.475 e. The summed E-state index contributed by atoms with van der Waals surface area (Å²) in [4.78, 5) is 45.0. The highest BCUT2D eigenvalue weighted by molar-refractivity contribution is 7.09. The second-order valence-corrected chi connectivity index (χ2v) is 9.91. The molecule has 0 aliphatic carbocycles. The molecular weight excluding hydrogens is 586 g/mol. The summed E-state index contributed by atoms with van der Waals surface area (Å²) >= 11 is 1.57. The van der Waals surface area contributed by atoms with Gasteiger partial charge < -0.3 is 20.1 Å². The molecule has 1 amide bonds. The van der Waals surface area contributed by atoms with E-state index in [-0.39, 0.29) is 32.0 Å². The van der Waals surface area contributed by atoms with Gasteiger partial charge in [0, 0.05) is 38.0 Å². The van der Waals surface area contributed by atoms with Gasteiger partial charge in [-0.3, -0.25) is 9.69 Å². The third-order valence-corrected chi connectivity index (χ3v) is 6.77. The predicted molar refractivity (Wildman–Crippen MR) is 121 cm³/mol. The Morgan fingerprint density at radius 2 is 1.60 bits per heavy atom. The van der Waals surface area contributed by atoms with Crippen molar-refractivity contribution in [1.29, 1.82) is 0 Å². The number of carboxylic acids is 2. The SMILES string of the molecule is Cc1nc(CN2CCC3(C2)CN(C(=O)c2cnc[nH]2)CCC3(F)F)cs1.O=C(O)C(F)(F)F.O=C(O)C(F)(F)F. The van der Waals surface area contributed by atoms with Crippen LogP contribution in [0.15, 0.2) is 17.9 Å². The Balaban J connectivity index is 0.000000333. The Hall–Kier alpha value is -3.35. The van der Waals surface area contributed by atoms with Crippen LogP contribution in [0, 0.1) is 12.3 Å². The average molecular weight is 609 g/mol. The van der Waals surface area contributed by atoms with Crippen LogP contribution in [0.4, 0.5) is 35.1 Å². The highest BCUT2D eigenvalue weighted by Gasteiger charge is 2.60. The van der Waals surface area contributed by atoms with Crippen molar-refractivity contribution in [3.63, 3.8) is 0 Å². The van der Waals surface area contributed by atoms with Crippen molar-refractivity contribution in [2.75, 3.05) is 26.2 Å². The number of amides is 1. The minimum absolute atomic E-state index is 0.0673. The van der Waals surface area contributed by atoms with Gasteiger partial charge in [0.05, 0.1) is 28.6 Å². The number of thiazole rings is 1. The molecule has 2 aromatic rings. The predicted octanol–water partition coefficient (Wildman–Crippen LogP) is 3.81. The Bertz CT molecular complexity index is 1150. The lowest BCUT2D eigenvalue weighted by atomic mass is 9.75. The molecule has 1 spiro atoms. The van der Waals surface area contributed by atoms with E-state index >= 15 is 0 Å². The molecule has 0 aromatic carbocycles.